The molecule has 20 heavy (non-hydrogen) atoms. The summed E-state index contributed by atoms with van der Waals surface area (Å²) < 4.78 is 8.03. The Morgan fingerprint density at radius 2 is 2.05 bits per heavy atom. The zero-order valence-electron chi connectivity index (χ0n) is 13.2. The second-order valence-corrected chi connectivity index (χ2v) is 6.25. The Hall–Kier alpha value is -0.430. The highest BCUT2D eigenvalue weighted by molar-refractivity contribution is 9.10. The van der Waals surface area contributed by atoms with Crippen LogP contribution in [-0.4, -0.2) is 47.0 Å². The molecule has 0 saturated carbocycles. The van der Waals surface area contributed by atoms with Gasteiger partial charge in [-0.15, -0.1) is 0 Å². The van der Waals surface area contributed by atoms with Gasteiger partial charge in [-0.05, 0) is 42.9 Å². The van der Waals surface area contributed by atoms with Crippen LogP contribution in [0, 0.1) is 0 Å². The van der Waals surface area contributed by atoms with Crippen molar-refractivity contribution < 1.29 is 4.74 Å². The third kappa shape index (κ3) is 3.61. The second kappa shape index (κ2) is 7.54. The number of halogens is 1. The quantitative estimate of drug-likeness (QED) is 0.785. The SMILES string of the molecule is CCN(CC)C(C)(C)C(N)c1c(Br)cnn1CCOC. The van der Waals surface area contributed by atoms with Crippen LogP contribution in [-0.2, 0) is 11.3 Å². The van der Waals surface area contributed by atoms with Crippen molar-refractivity contribution in [2.75, 3.05) is 26.8 Å². The molecule has 0 aromatic carbocycles. The van der Waals surface area contributed by atoms with Crippen LogP contribution in [0.5, 0.6) is 0 Å². The number of nitrogens with two attached hydrogens (primary N) is 1. The minimum Gasteiger partial charge on any atom is -0.383 e. The summed E-state index contributed by atoms with van der Waals surface area (Å²) in [6.07, 6.45) is 1.81. The van der Waals surface area contributed by atoms with E-state index in [1.807, 2.05) is 10.9 Å². The molecule has 0 saturated heterocycles. The standard InChI is InChI=1S/C14H27BrN4O/c1-6-18(7-2)14(3,4)13(16)12-11(15)10-17-19(12)8-9-20-5/h10,13H,6-9,16H2,1-5H3. The summed E-state index contributed by atoms with van der Waals surface area (Å²) in [6, 6.07) is -0.129. The van der Waals surface area contributed by atoms with Gasteiger partial charge in [-0.3, -0.25) is 9.58 Å². The van der Waals surface area contributed by atoms with Crippen molar-refractivity contribution in [3.05, 3.63) is 16.4 Å². The van der Waals surface area contributed by atoms with Gasteiger partial charge >= 0.3 is 0 Å². The Balaban J connectivity index is 3.06. The molecule has 0 aliphatic rings. The average Bonchev–Trinajstić information content (AvgIpc) is 2.77. The number of methoxy groups -OCH3 is 1. The number of likely N-dealkylation sites (N-methyl/N-ethyl adjacent to an activating group) is 1. The van der Waals surface area contributed by atoms with Gasteiger partial charge in [-0.2, -0.15) is 5.10 Å². The summed E-state index contributed by atoms with van der Waals surface area (Å²) >= 11 is 3.57. The highest BCUT2D eigenvalue weighted by Crippen LogP contribution is 2.33. The van der Waals surface area contributed by atoms with Crippen LogP contribution < -0.4 is 5.73 Å². The smallest absolute Gasteiger partial charge is 0.0713 e. The second-order valence-electron chi connectivity index (χ2n) is 5.40. The number of hydrogen-bond donors (Lipinski definition) is 1. The van der Waals surface area contributed by atoms with E-state index >= 15 is 0 Å². The predicted molar refractivity (Wildman–Crippen MR) is 85.7 cm³/mol. The van der Waals surface area contributed by atoms with Gasteiger partial charge in [0.1, 0.15) is 0 Å². The fourth-order valence-electron chi connectivity index (χ4n) is 2.61. The first-order valence-electron chi connectivity index (χ1n) is 7.10. The van der Waals surface area contributed by atoms with Crippen molar-refractivity contribution in [1.29, 1.82) is 0 Å². The van der Waals surface area contributed by atoms with Gasteiger partial charge in [0.15, 0.2) is 0 Å². The van der Waals surface area contributed by atoms with E-state index < -0.39 is 0 Å². The summed E-state index contributed by atoms with van der Waals surface area (Å²) in [7, 11) is 1.69. The lowest BCUT2D eigenvalue weighted by Gasteiger charge is -2.42. The lowest BCUT2D eigenvalue weighted by molar-refractivity contribution is 0.102. The number of aromatic nitrogens is 2. The van der Waals surface area contributed by atoms with Crippen molar-refractivity contribution in [2.24, 2.45) is 5.73 Å². The molecule has 1 rings (SSSR count). The van der Waals surface area contributed by atoms with Crippen molar-refractivity contribution in [3.8, 4) is 0 Å². The van der Waals surface area contributed by atoms with Gasteiger partial charge in [0.25, 0.3) is 0 Å². The van der Waals surface area contributed by atoms with Gasteiger partial charge < -0.3 is 10.5 Å². The third-order valence-corrected chi connectivity index (χ3v) is 4.59. The Kier molecular flexibility index (Phi) is 6.64. The number of hydrogen-bond acceptors (Lipinski definition) is 4. The molecule has 1 aromatic heterocycles. The van der Waals surface area contributed by atoms with Crippen molar-refractivity contribution in [2.45, 2.75) is 45.8 Å². The zero-order chi connectivity index (χ0) is 15.3. The van der Waals surface area contributed by atoms with Gasteiger partial charge in [0.2, 0.25) is 0 Å². The predicted octanol–water partition coefficient (Wildman–Crippen LogP) is 2.41. The summed E-state index contributed by atoms with van der Waals surface area (Å²) in [5, 5.41) is 4.39. The maximum atomic E-state index is 6.57. The summed E-state index contributed by atoms with van der Waals surface area (Å²) in [5.41, 5.74) is 7.45. The Bertz CT molecular complexity index is 415. The Morgan fingerprint density at radius 3 is 2.55 bits per heavy atom. The maximum absolute atomic E-state index is 6.57. The summed E-state index contributed by atoms with van der Waals surface area (Å²) in [4.78, 5) is 2.37. The van der Waals surface area contributed by atoms with Gasteiger partial charge in [0, 0.05) is 12.6 Å². The fraction of sp³-hybridized carbons (Fsp3) is 0.786. The van der Waals surface area contributed by atoms with E-state index in [9.17, 15) is 0 Å². The lowest BCUT2D eigenvalue weighted by Crippen LogP contribution is -2.51. The van der Waals surface area contributed by atoms with Crippen LogP contribution in [0.2, 0.25) is 0 Å². The molecule has 0 radical (unpaired) electrons. The van der Waals surface area contributed by atoms with Gasteiger partial charge in [-0.25, -0.2) is 0 Å². The summed E-state index contributed by atoms with van der Waals surface area (Å²) in [5.74, 6) is 0. The lowest BCUT2D eigenvalue weighted by atomic mass is 9.90. The van der Waals surface area contributed by atoms with Crippen LogP contribution in [0.15, 0.2) is 10.7 Å². The maximum Gasteiger partial charge on any atom is 0.0713 e. The van der Waals surface area contributed by atoms with E-state index in [1.54, 1.807) is 7.11 Å². The highest BCUT2D eigenvalue weighted by Gasteiger charge is 2.35. The molecular formula is C14H27BrN4O. The number of rotatable bonds is 8. The highest BCUT2D eigenvalue weighted by atomic mass is 79.9. The van der Waals surface area contributed by atoms with E-state index in [0.717, 1.165) is 23.3 Å². The molecule has 1 heterocycles. The van der Waals surface area contributed by atoms with E-state index in [0.29, 0.717) is 13.2 Å². The molecule has 1 atom stereocenters. The van der Waals surface area contributed by atoms with Crippen LogP contribution in [0.1, 0.15) is 39.4 Å². The molecule has 0 bridgehead atoms. The van der Waals surface area contributed by atoms with E-state index in [1.165, 1.54) is 0 Å². The molecule has 5 nitrogen and oxygen atoms in total. The van der Waals surface area contributed by atoms with Gasteiger partial charge in [0.05, 0.1) is 35.6 Å². The molecule has 116 valence electrons. The van der Waals surface area contributed by atoms with Crippen LogP contribution in [0.3, 0.4) is 0 Å². The monoisotopic (exact) mass is 346 g/mol. The molecule has 0 amide bonds. The zero-order valence-corrected chi connectivity index (χ0v) is 14.8. The van der Waals surface area contributed by atoms with Crippen molar-refractivity contribution >= 4 is 15.9 Å². The number of ether oxygens (including phenoxy) is 1. The minimum absolute atomic E-state index is 0.129. The molecule has 1 unspecified atom stereocenters. The Morgan fingerprint density at radius 1 is 1.45 bits per heavy atom. The molecule has 1 aromatic rings. The molecule has 6 heteroatoms. The fourth-order valence-corrected chi connectivity index (χ4v) is 3.15. The van der Waals surface area contributed by atoms with Crippen molar-refractivity contribution in [1.82, 2.24) is 14.7 Å². The number of nitrogens with zero attached hydrogens (tertiary/aromatic N) is 3. The topological polar surface area (TPSA) is 56.3 Å². The first-order chi connectivity index (χ1) is 9.39. The third-order valence-electron chi connectivity index (χ3n) is 3.97. The molecule has 0 aliphatic heterocycles. The van der Waals surface area contributed by atoms with Crippen LogP contribution in [0.25, 0.3) is 0 Å². The van der Waals surface area contributed by atoms with E-state index in [2.05, 4.69) is 53.6 Å². The van der Waals surface area contributed by atoms with E-state index in [4.69, 9.17) is 10.5 Å². The first kappa shape index (κ1) is 17.6. The molecule has 0 spiro atoms. The van der Waals surface area contributed by atoms with Crippen molar-refractivity contribution in [3.63, 3.8) is 0 Å². The van der Waals surface area contributed by atoms with Crippen LogP contribution in [0.4, 0.5) is 0 Å². The van der Waals surface area contributed by atoms with Crippen LogP contribution >= 0.6 is 15.9 Å². The largest absolute Gasteiger partial charge is 0.383 e. The molecular weight excluding hydrogens is 320 g/mol. The first-order valence-corrected chi connectivity index (χ1v) is 7.90. The summed E-state index contributed by atoms with van der Waals surface area (Å²) in [6.45, 7) is 12.0. The molecule has 0 aliphatic carbocycles. The molecule has 0 fully saturated rings. The minimum atomic E-state index is -0.142. The normalized spacial score (nSPS) is 14.0. The molecule has 2 N–H and O–H groups in total. The Labute approximate surface area is 130 Å². The average molecular weight is 347 g/mol. The van der Waals surface area contributed by atoms with Gasteiger partial charge in [-0.1, -0.05) is 13.8 Å². The van der Waals surface area contributed by atoms with E-state index in [-0.39, 0.29) is 11.6 Å².